The van der Waals surface area contributed by atoms with Gasteiger partial charge in [-0.15, -0.1) is 0 Å². The summed E-state index contributed by atoms with van der Waals surface area (Å²) in [6.07, 6.45) is -0.0166. The number of nitrogens with one attached hydrogen (secondary N) is 1. The van der Waals surface area contributed by atoms with E-state index < -0.39 is 11.9 Å². The van der Waals surface area contributed by atoms with E-state index in [1.54, 1.807) is 6.92 Å². The Morgan fingerprint density at radius 1 is 1.44 bits per heavy atom. The van der Waals surface area contributed by atoms with Gasteiger partial charge in [0, 0.05) is 35.6 Å². The molecule has 1 aromatic carbocycles. The van der Waals surface area contributed by atoms with E-state index in [4.69, 9.17) is 14.2 Å². The molecule has 1 aliphatic rings. The molecule has 0 radical (unpaired) electrons. The standard InChI is InChI=1S/C18H23NO7S/c1-10-15(24-3)6-14(21)13-9-27-8-12(7-26-11(2)20)19-16(22)4-5-25-18(23)17(10)13/h6,12,21H,4-5,7-9H2,1-3H3,(H,19,22)/t12-/m0/s1. The first-order valence-electron chi connectivity index (χ1n) is 8.40. The molecule has 8 nitrogen and oxygen atoms in total. The second-order valence-electron chi connectivity index (χ2n) is 6.04. The number of hydrogen-bond acceptors (Lipinski definition) is 8. The molecule has 0 saturated carbocycles. The van der Waals surface area contributed by atoms with E-state index in [0.29, 0.717) is 28.4 Å². The van der Waals surface area contributed by atoms with Crippen LogP contribution in [0.1, 0.15) is 34.8 Å². The van der Waals surface area contributed by atoms with Gasteiger partial charge in [-0.3, -0.25) is 9.59 Å². The molecule has 148 valence electrons. The van der Waals surface area contributed by atoms with Gasteiger partial charge in [-0.25, -0.2) is 4.79 Å². The number of benzene rings is 1. The lowest BCUT2D eigenvalue weighted by Gasteiger charge is -2.21. The van der Waals surface area contributed by atoms with Crippen molar-refractivity contribution in [3.63, 3.8) is 0 Å². The van der Waals surface area contributed by atoms with Crippen molar-refractivity contribution in [3.8, 4) is 11.5 Å². The van der Waals surface area contributed by atoms with Crippen LogP contribution in [0, 0.1) is 6.92 Å². The molecular weight excluding hydrogens is 374 g/mol. The Morgan fingerprint density at radius 3 is 2.85 bits per heavy atom. The summed E-state index contributed by atoms with van der Waals surface area (Å²) in [7, 11) is 1.45. The number of amides is 1. The van der Waals surface area contributed by atoms with Crippen molar-refractivity contribution < 1.29 is 33.7 Å². The summed E-state index contributed by atoms with van der Waals surface area (Å²) in [5.41, 5.74) is 1.26. The monoisotopic (exact) mass is 397 g/mol. The van der Waals surface area contributed by atoms with Crippen LogP contribution in [0.25, 0.3) is 0 Å². The van der Waals surface area contributed by atoms with Crippen LogP contribution in [0.4, 0.5) is 0 Å². The number of carbonyl (C=O) groups is 3. The Hall–Kier alpha value is -2.42. The van der Waals surface area contributed by atoms with Crippen LogP contribution < -0.4 is 10.1 Å². The summed E-state index contributed by atoms with van der Waals surface area (Å²) < 4.78 is 15.4. The van der Waals surface area contributed by atoms with E-state index in [0.717, 1.165) is 0 Å². The Labute approximate surface area is 161 Å². The van der Waals surface area contributed by atoms with Crippen LogP contribution in [-0.4, -0.2) is 55.1 Å². The average Bonchev–Trinajstić information content (AvgIpc) is 2.60. The highest BCUT2D eigenvalue weighted by molar-refractivity contribution is 7.98. The second-order valence-corrected chi connectivity index (χ2v) is 7.07. The average molecular weight is 397 g/mol. The molecule has 9 heteroatoms. The number of aromatic hydroxyl groups is 1. The highest BCUT2D eigenvalue weighted by Gasteiger charge is 2.24. The molecule has 1 aliphatic heterocycles. The van der Waals surface area contributed by atoms with E-state index in [1.165, 1.54) is 31.9 Å². The maximum atomic E-state index is 12.5. The van der Waals surface area contributed by atoms with Crippen molar-refractivity contribution >= 4 is 29.6 Å². The van der Waals surface area contributed by atoms with Gasteiger partial charge in [-0.05, 0) is 6.92 Å². The summed E-state index contributed by atoms with van der Waals surface area (Å²) in [5.74, 6) is -0.264. The van der Waals surface area contributed by atoms with Gasteiger partial charge in [-0.1, -0.05) is 0 Å². The molecular formula is C18H23NO7S. The van der Waals surface area contributed by atoms with E-state index in [-0.39, 0.29) is 42.9 Å². The molecule has 1 amide bonds. The number of carbonyl (C=O) groups excluding carboxylic acids is 3. The zero-order valence-corrected chi connectivity index (χ0v) is 16.3. The number of phenols is 1. The van der Waals surface area contributed by atoms with Gasteiger partial charge in [0.25, 0.3) is 0 Å². The third-order valence-corrected chi connectivity index (χ3v) is 5.16. The van der Waals surface area contributed by atoms with Crippen LogP contribution in [0.3, 0.4) is 0 Å². The van der Waals surface area contributed by atoms with Crippen LogP contribution in [0.15, 0.2) is 6.07 Å². The first kappa shape index (κ1) is 20.9. The van der Waals surface area contributed by atoms with Gasteiger partial charge in [0.15, 0.2) is 0 Å². The Bertz CT molecular complexity index is 735. The first-order chi connectivity index (χ1) is 12.8. The Balaban J connectivity index is 2.30. The number of rotatable bonds is 3. The minimum Gasteiger partial charge on any atom is -0.507 e. The van der Waals surface area contributed by atoms with Gasteiger partial charge in [0.2, 0.25) is 5.91 Å². The van der Waals surface area contributed by atoms with Gasteiger partial charge in [0.1, 0.15) is 24.7 Å². The largest absolute Gasteiger partial charge is 0.507 e. The summed E-state index contributed by atoms with van der Waals surface area (Å²) >= 11 is 1.40. The molecule has 0 aromatic heterocycles. The van der Waals surface area contributed by atoms with Crippen molar-refractivity contribution in [2.24, 2.45) is 0 Å². The predicted octanol–water partition coefficient (Wildman–Crippen LogP) is 1.55. The maximum absolute atomic E-state index is 12.5. The lowest BCUT2D eigenvalue weighted by Crippen LogP contribution is -2.41. The smallest absolute Gasteiger partial charge is 0.338 e. The van der Waals surface area contributed by atoms with E-state index in [2.05, 4.69) is 5.32 Å². The molecule has 1 aromatic rings. The lowest BCUT2D eigenvalue weighted by molar-refractivity contribution is -0.142. The fraction of sp³-hybridized carbons (Fsp3) is 0.500. The molecule has 0 saturated heterocycles. The number of fused-ring (bicyclic) bond motifs is 1. The van der Waals surface area contributed by atoms with Crippen molar-refractivity contribution in [1.82, 2.24) is 5.32 Å². The summed E-state index contributed by atoms with van der Waals surface area (Å²) in [6.45, 7) is 2.96. The Kier molecular flexibility index (Phi) is 7.35. The van der Waals surface area contributed by atoms with Gasteiger partial charge in [-0.2, -0.15) is 11.8 Å². The number of cyclic esters (lactones) is 1. The minimum absolute atomic E-state index is 0.0166. The summed E-state index contributed by atoms with van der Waals surface area (Å²) in [5, 5.41) is 13.1. The van der Waals surface area contributed by atoms with Crippen LogP contribution in [0.5, 0.6) is 11.5 Å². The van der Waals surface area contributed by atoms with Crippen LogP contribution in [-0.2, 0) is 24.8 Å². The number of phenolic OH excluding ortho intramolecular Hbond substituents is 1. The Morgan fingerprint density at radius 2 is 2.19 bits per heavy atom. The molecule has 27 heavy (non-hydrogen) atoms. The highest BCUT2D eigenvalue weighted by atomic mass is 32.2. The normalized spacial score (nSPS) is 18.3. The molecule has 1 atom stereocenters. The number of hydrogen-bond donors (Lipinski definition) is 2. The van der Waals surface area contributed by atoms with Crippen molar-refractivity contribution in [1.29, 1.82) is 0 Å². The van der Waals surface area contributed by atoms with Crippen molar-refractivity contribution in [2.75, 3.05) is 26.1 Å². The van der Waals surface area contributed by atoms with Crippen LogP contribution in [0.2, 0.25) is 0 Å². The molecule has 0 fully saturated rings. The summed E-state index contributed by atoms with van der Waals surface area (Å²) in [6, 6.07) is 1.08. The predicted molar refractivity (Wildman–Crippen MR) is 99.0 cm³/mol. The zero-order chi connectivity index (χ0) is 20.0. The summed E-state index contributed by atoms with van der Waals surface area (Å²) in [4.78, 5) is 35.6. The molecule has 0 bridgehead atoms. The van der Waals surface area contributed by atoms with Crippen molar-refractivity contribution in [2.45, 2.75) is 32.1 Å². The van der Waals surface area contributed by atoms with E-state index in [1.807, 2.05) is 0 Å². The molecule has 0 unspecified atom stereocenters. The molecule has 0 spiro atoms. The number of esters is 2. The van der Waals surface area contributed by atoms with Gasteiger partial charge >= 0.3 is 11.9 Å². The quantitative estimate of drug-likeness (QED) is 0.739. The fourth-order valence-electron chi connectivity index (χ4n) is 2.69. The topological polar surface area (TPSA) is 111 Å². The van der Waals surface area contributed by atoms with E-state index >= 15 is 0 Å². The molecule has 2 N–H and O–H groups in total. The minimum atomic E-state index is -0.609. The second kappa shape index (κ2) is 9.50. The highest BCUT2D eigenvalue weighted by Crippen LogP contribution is 2.35. The van der Waals surface area contributed by atoms with Crippen LogP contribution >= 0.6 is 11.8 Å². The number of methoxy groups -OCH3 is 1. The third kappa shape index (κ3) is 5.53. The third-order valence-electron chi connectivity index (χ3n) is 4.03. The number of thioether (sulfide) groups is 1. The first-order valence-corrected chi connectivity index (χ1v) is 9.56. The zero-order valence-electron chi connectivity index (χ0n) is 15.5. The maximum Gasteiger partial charge on any atom is 0.338 e. The molecule has 2 rings (SSSR count). The van der Waals surface area contributed by atoms with E-state index in [9.17, 15) is 19.5 Å². The van der Waals surface area contributed by atoms with Crippen molar-refractivity contribution in [3.05, 3.63) is 22.8 Å². The van der Waals surface area contributed by atoms with Gasteiger partial charge in [0.05, 0.1) is 25.1 Å². The number of ether oxygens (including phenoxy) is 3. The molecule has 0 aliphatic carbocycles. The molecule has 1 heterocycles. The lowest BCUT2D eigenvalue weighted by atomic mass is 10.0. The SMILES string of the molecule is COc1cc(O)c2c(c1C)C(=O)OCCC(=O)N[C@@H](COC(C)=O)CSC2. The van der Waals surface area contributed by atoms with Gasteiger partial charge < -0.3 is 24.6 Å². The fourth-order valence-corrected chi connectivity index (χ4v) is 3.77.